The highest BCUT2D eigenvalue weighted by Gasteiger charge is 2.11. The molecule has 2 rings (SSSR count). The van der Waals surface area contributed by atoms with Crippen molar-refractivity contribution in [3.8, 4) is 6.07 Å². The molecule has 0 amide bonds. The number of rotatable bonds is 1. The molecule has 0 aliphatic heterocycles. The highest BCUT2D eigenvalue weighted by Crippen LogP contribution is 2.34. The van der Waals surface area contributed by atoms with Crippen LogP contribution in [-0.2, 0) is 6.42 Å². The Morgan fingerprint density at radius 1 is 1.50 bits per heavy atom. The molecule has 0 spiro atoms. The van der Waals surface area contributed by atoms with Crippen LogP contribution < -0.4 is 0 Å². The fraction of sp³-hybridized carbons (Fsp3) is 0.100. The Bertz CT molecular complexity index is 527. The monoisotopic (exact) mass is 225 g/mol. The Kier molecular flexibility index (Phi) is 2.40. The van der Waals surface area contributed by atoms with Crippen LogP contribution in [0.5, 0.6) is 0 Å². The van der Waals surface area contributed by atoms with Gasteiger partial charge in [-0.15, -0.1) is 11.3 Å². The maximum absolute atomic E-state index is 13.3. The van der Waals surface area contributed by atoms with Gasteiger partial charge in [0.15, 0.2) is 0 Å². The molecule has 0 bridgehead atoms. The third kappa shape index (κ3) is 1.37. The van der Waals surface area contributed by atoms with E-state index in [1.54, 1.807) is 5.38 Å². The van der Waals surface area contributed by atoms with Crippen molar-refractivity contribution < 1.29 is 4.39 Å². The van der Waals surface area contributed by atoms with Gasteiger partial charge in [-0.1, -0.05) is 11.6 Å². The van der Waals surface area contributed by atoms with Gasteiger partial charge in [-0.25, -0.2) is 4.39 Å². The molecule has 1 nitrogen and oxygen atoms in total. The largest absolute Gasteiger partial charge is 0.205 e. The van der Waals surface area contributed by atoms with Crippen molar-refractivity contribution in [1.29, 1.82) is 5.26 Å². The Balaban J connectivity index is 2.78. The van der Waals surface area contributed by atoms with Crippen LogP contribution >= 0.6 is 22.9 Å². The highest BCUT2D eigenvalue weighted by molar-refractivity contribution is 7.17. The summed E-state index contributed by atoms with van der Waals surface area (Å²) in [5.41, 5.74) is 0.803. The molecule has 1 heterocycles. The SMILES string of the molecule is N#CCc1csc2c(F)ccc(Cl)c12. The zero-order valence-electron chi connectivity index (χ0n) is 7.05. The van der Waals surface area contributed by atoms with Gasteiger partial charge in [0.2, 0.25) is 0 Å². The summed E-state index contributed by atoms with van der Waals surface area (Å²) >= 11 is 7.23. The molecule has 0 N–H and O–H groups in total. The molecule has 4 heteroatoms. The standard InChI is InChI=1S/C10H5ClFNS/c11-7-1-2-8(12)10-9(7)6(3-4-13)5-14-10/h1-2,5H,3H2. The number of benzene rings is 1. The first-order valence-electron chi connectivity index (χ1n) is 3.95. The van der Waals surface area contributed by atoms with E-state index in [9.17, 15) is 4.39 Å². The van der Waals surface area contributed by atoms with Crippen LogP contribution in [0.2, 0.25) is 5.02 Å². The molecule has 2 aromatic rings. The quantitative estimate of drug-likeness (QED) is 0.725. The van der Waals surface area contributed by atoms with Crippen molar-refractivity contribution >= 4 is 33.0 Å². The maximum atomic E-state index is 13.3. The first kappa shape index (κ1) is 9.45. The minimum atomic E-state index is -0.279. The Hall–Kier alpha value is -1.11. The normalized spacial score (nSPS) is 10.4. The summed E-state index contributed by atoms with van der Waals surface area (Å²) in [7, 11) is 0. The van der Waals surface area contributed by atoms with Crippen LogP contribution in [0.3, 0.4) is 0 Å². The second-order valence-electron chi connectivity index (χ2n) is 2.83. The minimum absolute atomic E-state index is 0.267. The van der Waals surface area contributed by atoms with E-state index >= 15 is 0 Å². The zero-order valence-corrected chi connectivity index (χ0v) is 8.62. The van der Waals surface area contributed by atoms with Gasteiger partial charge in [0.1, 0.15) is 5.82 Å². The van der Waals surface area contributed by atoms with Crippen LogP contribution in [-0.4, -0.2) is 0 Å². The third-order valence-corrected chi connectivity index (χ3v) is 3.32. The van der Waals surface area contributed by atoms with Gasteiger partial charge in [-0.05, 0) is 23.1 Å². The van der Waals surface area contributed by atoms with Gasteiger partial charge in [-0.3, -0.25) is 0 Å². The number of nitriles is 1. The molecular formula is C10H5ClFNS. The third-order valence-electron chi connectivity index (χ3n) is 1.97. The molecule has 0 unspecified atom stereocenters. The average Bonchev–Trinajstić information content (AvgIpc) is 2.58. The predicted molar refractivity (Wildman–Crippen MR) is 56.1 cm³/mol. The summed E-state index contributed by atoms with van der Waals surface area (Å²) < 4.78 is 13.8. The van der Waals surface area contributed by atoms with E-state index in [2.05, 4.69) is 0 Å². The van der Waals surface area contributed by atoms with Gasteiger partial charge in [0.05, 0.1) is 17.2 Å². The fourth-order valence-corrected chi connectivity index (χ4v) is 2.69. The second-order valence-corrected chi connectivity index (χ2v) is 4.12. The van der Waals surface area contributed by atoms with E-state index < -0.39 is 0 Å². The van der Waals surface area contributed by atoms with Crippen LogP contribution in [0.1, 0.15) is 5.56 Å². The van der Waals surface area contributed by atoms with Gasteiger partial charge in [0, 0.05) is 10.4 Å². The smallest absolute Gasteiger partial charge is 0.141 e. The maximum Gasteiger partial charge on any atom is 0.141 e. The van der Waals surface area contributed by atoms with Crippen molar-refractivity contribution in [2.75, 3.05) is 0 Å². The number of halogens is 2. The molecule has 0 aliphatic carbocycles. The number of nitrogens with zero attached hydrogens (tertiary/aromatic N) is 1. The number of fused-ring (bicyclic) bond motifs is 1. The van der Waals surface area contributed by atoms with E-state index in [1.807, 2.05) is 6.07 Å². The summed E-state index contributed by atoms with van der Waals surface area (Å²) in [5.74, 6) is -0.279. The Labute approximate surface area is 89.3 Å². The molecule has 0 saturated carbocycles. The molecule has 1 aromatic heterocycles. The topological polar surface area (TPSA) is 23.8 Å². The molecule has 0 saturated heterocycles. The van der Waals surface area contributed by atoms with Crippen LogP contribution in [0.15, 0.2) is 17.5 Å². The van der Waals surface area contributed by atoms with Crippen LogP contribution in [0.25, 0.3) is 10.1 Å². The molecule has 70 valence electrons. The molecular weight excluding hydrogens is 221 g/mol. The van der Waals surface area contributed by atoms with E-state index in [4.69, 9.17) is 16.9 Å². The lowest BCUT2D eigenvalue weighted by Crippen LogP contribution is -1.80. The first-order valence-corrected chi connectivity index (χ1v) is 5.21. The van der Waals surface area contributed by atoms with Crippen molar-refractivity contribution in [2.24, 2.45) is 0 Å². The summed E-state index contributed by atoms with van der Waals surface area (Å²) in [6.45, 7) is 0. The second kappa shape index (κ2) is 3.56. The Morgan fingerprint density at radius 2 is 2.29 bits per heavy atom. The number of thiophene rings is 1. The zero-order chi connectivity index (χ0) is 10.1. The van der Waals surface area contributed by atoms with Gasteiger partial charge in [0.25, 0.3) is 0 Å². The van der Waals surface area contributed by atoms with E-state index in [0.717, 1.165) is 5.56 Å². The summed E-state index contributed by atoms with van der Waals surface area (Å²) in [4.78, 5) is 0. The molecule has 0 atom stereocenters. The van der Waals surface area contributed by atoms with Crippen LogP contribution in [0.4, 0.5) is 4.39 Å². The van der Waals surface area contributed by atoms with Gasteiger partial charge >= 0.3 is 0 Å². The molecule has 0 radical (unpaired) electrons. The van der Waals surface area contributed by atoms with Crippen molar-refractivity contribution in [1.82, 2.24) is 0 Å². The molecule has 0 fully saturated rings. The lowest BCUT2D eigenvalue weighted by Gasteiger charge is -1.97. The van der Waals surface area contributed by atoms with Crippen molar-refractivity contribution in [3.63, 3.8) is 0 Å². The molecule has 1 aromatic carbocycles. The lowest BCUT2D eigenvalue weighted by atomic mass is 10.1. The number of hydrogen-bond acceptors (Lipinski definition) is 2. The van der Waals surface area contributed by atoms with E-state index in [1.165, 1.54) is 23.5 Å². The highest BCUT2D eigenvalue weighted by atomic mass is 35.5. The Morgan fingerprint density at radius 3 is 3.00 bits per heavy atom. The predicted octanol–water partition coefficient (Wildman–Crippen LogP) is 3.76. The van der Waals surface area contributed by atoms with Crippen molar-refractivity contribution in [2.45, 2.75) is 6.42 Å². The lowest BCUT2D eigenvalue weighted by molar-refractivity contribution is 0.641. The summed E-state index contributed by atoms with van der Waals surface area (Å²) in [6.07, 6.45) is 0.267. The van der Waals surface area contributed by atoms with E-state index in [0.29, 0.717) is 15.1 Å². The van der Waals surface area contributed by atoms with Crippen LogP contribution in [0, 0.1) is 17.1 Å². The first-order chi connectivity index (χ1) is 6.74. The number of hydrogen-bond donors (Lipinski definition) is 0. The fourth-order valence-electron chi connectivity index (χ4n) is 1.35. The van der Waals surface area contributed by atoms with Crippen molar-refractivity contribution in [3.05, 3.63) is 33.9 Å². The minimum Gasteiger partial charge on any atom is -0.205 e. The summed E-state index contributed by atoms with van der Waals surface area (Å²) in [6, 6.07) is 4.90. The summed E-state index contributed by atoms with van der Waals surface area (Å²) in [5, 5.41) is 11.5. The molecule has 0 aliphatic rings. The average molecular weight is 226 g/mol. The van der Waals surface area contributed by atoms with E-state index in [-0.39, 0.29) is 12.2 Å². The van der Waals surface area contributed by atoms with Gasteiger partial charge < -0.3 is 0 Å². The van der Waals surface area contributed by atoms with Gasteiger partial charge in [-0.2, -0.15) is 5.26 Å². The molecule has 14 heavy (non-hydrogen) atoms.